The zero-order chi connectivity index (χ0) is 19.8. The maximum atomic E-state index is 12.3. The molecule has 0 heterocycles. The van der Waals surface area contributed by atoms with Crippen LogP contribution < -0.4 is 20.1 Å². The van der Waals surface area contributed by atoms with Crippen LogP contribution in [0, 0.1) is 0 Å². The van der Waals surface area contributed by atoms with Gasteiger partial charge in [0.2, 0.25) is 11.8 Å². The van der Waals surface area contributed by atoms with Crippen molar-refractivity contribution in [3.8, 4) is 17.2 Å². The molecule has 0 spiro atoms. The summed E-state index contributed by atoms with van der Waals surface area (Å²) in [6.07, 6.45) is -0.336. The molecule has 0 radical (unpaired) electrons. The number of nitrogens with one attached hydrogen (secondary N) is 2. The van der Waals surface area contributed by atoms with Gasteiger partial charge >= 0.3 is 0 Å². The van der Waals surface area contributed by atoms with Crippen molar-refractivity contribution < 1.29 is 19.1 Å². The van der Waals surface area contributed by atoms with Crippen LogP contribution in [0.15, 0.2) is 78.9 Å². The maximum absolute atomic E-state index is 12.3. The van der Waals surface area contributed by atoms with Crippen molar-refractivity contribution in [2.75, 3.05) is 17.7 Å². The Morgan fingerprint density at radius 1 is 0.714 bits per heavy atom. The molecular weight excluding hydrogens is 356 g/mol. The summed E-state index contributed by atoms with van der Waals surface area (Å²) in [6.45, 7) is 0. The van der Waals surface area contributed by atoms with Gasteiger partial charge in [0.25, 0.3) is 0 Å². The summed E-state index contributed by atoms with van der Waals surface area (Å²) >= 11 is 0. The van der Waals surface area contributed by atoms with Crippen LogP contribution in [0.2, 0.25) is 0 Å². The third-order valence-electron chi connectivity index (χ3n) is 3.83. The summed E-state index contributed by atoms with van der Waals surface area (Å²) < 4.78 is 11.0. The molecule has 28 heavy (non-hydrogen) atoms. The highest BCUT2D eigenvalue weighted by atomic mass is 16.5. The molecule has 0 aliphatic carbocycles. The average Bonchev–Trinajstić information content (AvgIpc) is 2.70. The average molecular weight is 376 g/mol. The number of para-hydroxylation sites is 5. The van der Waals surface area contributed by atoms with Crippen molar-refractivity contribution in [2.24, 2.45) is 0 Å². The second-order valence-corrected chi connectivity index (χ2v) is 5.88. The van der Waals surface area contributed by atoms with Gasteiger partial charge < -0.3 is 20.1 Å². The van der Waals surface area contributed by atoms with E-state index in [4.69, 9.17) is 9.47 Å². The summed E-state index contributed by atoms with van der Waals surface area (Å²) in [4.78, 5) is 24.5. The van der Waals surface area contributed by atoms with E-state index in [0.29, 0.717) is 28.6 Å². The van der Waals surface area contributed by atoms with Gasteiger partial charge in [0.05, 0.1) is 18.5 Å². The molecule has 0 aliphatic rings. The van der Waals surface area contributed by atoms with E-state index in [1.165, 1.54) is 7.11 Å². The quantitative estimate of drug-likeness (QED) is 0.597. The van der Waals surface area contributed by atoms with Crippen LogP contribution >= 0.6 is 0 Å². The molecule has 0 saturated carbocycles. The van der Waals surface area contributed by atoms with Crippen molar-refractivity contribution in [1.29, 1.82) is 0 Å². The number of ether oxygens (including phenoxy) is 2. The van der Waals surface area contributed by atoms with Crippen LogP contribution in [0.4, 0.5) is 11.4 Å². The zero-order valence-electron chi connectivity index (χ0n) is 15.3. The summed E-state index contributed by atoms with van der Waals surface area (Å²) in [5, 5.41) is 5.40. The van der Waals surface area contributed by atoms with Gasteiger partial charge in [0.1, 0.15) is 17.9 Å². The molecule has 3 aromatic carbocycles. The summed E-state index contributed by atoms with van der Waals surface area (Å²) in [5.74, 6) is 0.781. The second-order valence-electron chi connectivity index (χ2n) is 5.88. The predicted octanol–water partition coefficient (Wildman–Crippen LogP) is 4.45. The van der Waals surface area contributed by atoms with E-state index < -0.39 is 11.8 Å². The third kappa shape index (κ3) is 5.11. The molecule has 0 aromatic heterocycles. The zero-order valence-corrected chi connectivity index (χ0v) is 15.3. The van der Waals surface area contributed by atoms with E-state index in [-0.39, 0.29) is 6.42 Å². The van der Waals surface area contributed by atoms with Gasteiger partial charge in [-0.1, -0.05) is 42.5 Å². The lowest BCUT2D eigenvalue weighted by molar-refractivity contribution is -0.123. The third-order valence-corrected chi connectivity index (χ3v) is 3.83. The molecular formula is C22H20N2O4. The fourth-order valence-corrected chi connectivity index (χ4v) is 2.56. The molecule has 142 valence electrons. The van der Waals surface area contributed by atoms with Crippen molar-refractivity contribution in [2.45, 2.75) is 6.42 Å². The van der Waals surface area contributed by atoms with Crippen LogP contribution in [0.25, 0.3) is 0 Å². The van der Waals surface area contributed by atoms with Gasteiger partial charge in [-0.15, -0.1) is 0 Å². The minimum Gasteiger partial charge on any atom is -0.495 e. The van der Waals surface area contributed by atoms with E-state index >= 15 is 0 Å². The standard InChI is InChI=1S/C22H20N2O4/c1-27-19-13-7-5-11-17(19)23-21(25)15-22(26)24-18-12-6-8-14-20(18)28-16-9-3-2-4-10-16/h2-14H,15H2,1H3,(H,23,25)(H,24,26). The Bertz CT molecular complexity index is 958. The van der Waals surface area contributed by atoms with Crippen LogP contribution in [0.5, 0.6) is 17.2 Å². The molecule has 3 aromatic rings. The van der Waals surface area contributed by atoms with E-state index in [9.17, 15) is 9.59 Å². The largest absolute Gasteiger partial charge is 0.495 e. The molecule has 2 amide bonds. The number of carbonyl (C=O) groups is 2. The Labute approximate surface area is 163 Å². The summed E-state index contributed by atoms with van der Waals surface area (Å²) in [7, 11) is 1.52. The Kier molecular flexibility index (Phi) is 6.25. The second kappa shape index (κ2) is 9.23. The normalized spacial score (nSPS) is 10.0. The number of carbonyl (C=O) groups excluding carboxylic acids is 2. The van der Waals surface area contributed by atoms with Crippen LogP contribution in [-0.4, -0.2) is 18.9 Å². The first-order valence-corrected chi connectivity index (χ1v) is 8.70. The molecule has 0 bridgehead atoms. The first-order chi connectivity index (χ1) is 13.7. The van der Waals surface area contributed by atoms with Gasteiger partial charge in [0.15, 0.2) is 5.75 Å². The van der Waals surface area contributed by atoms with Gasteiger partial charge in [-0.2, -0.15) is 0 Å². The molecule has 0 atom stereocenters. The van der Waals surface area contributed by atoms with Crippen molar-refractivity contribution >= 4 is 23.2 Å². The molecule has 0 unspecified atom stereocenters. The SMILES string of the molecule is COc1ccccc1NC(=O)CC(=O)Nc1ccccc1Oc1ccccc1. The Hall–Kier alpha value is -3.80. The lowest BCUT2D eigenvalue weighted by Gasteiger charge is -2.13. The van der Waals surface area contributed by atoms with Gasteiger partial charge in [-0.25, -0.2) is 0 Å². The lowest BCUT2D eigenvalue weighted by Crippen LogP contribution is -2.21. The van der Waals surface area contributed by atoms with E-state index in [2.05, 4.69) is 10.6 Å². The Morgan fingerprint density at radius 2 is 1.21 bits per heavy atom. The topological polar surface area (TPSA) is 76.7 Å². The van der Waals surface area contributed by atoms with E-state index in [1.807, 2.05) is 36.4 Å². The van der Waals surface area contributed by atoms with E-state index in [1.54, 1.807) is 42.5 Å². The Balaban J connectivity index is 1.63. The van der Waals surface area contributed by atoms with Crippen LogP contribution in [-0.2, 0) is 9.59 Å². The fraction of sp³-hybridized carbons (Fsp3) is 0.0909. The Morgan fingerprint density at radius 3 is 1.82 bits per heavy atom. The van der Waals surface area contributed by atoms with Gasteiger partial charge in [-0.3, -0.25) is 9.59 Å². The molecule has 0 aliphatic heterocycles. The minimum atomic E-state index is -0.448. The number of amides is 2. The molecule has 0 saturated heterocycles. The lowest BCUT2D eigenvalue weighted by atomic mass is 10.2. The smallest absolute Gasteiger partial charge is 0.233 e. The molecule has 0 fully saturated rings. The molecule has 3 rings (SSSR count). The van der Waals surface area contributed by atoms with Crippen molar-refractivity contribution in [3.63, 3.8) is 0 Å². The number of hydrogen-bond acceptors (Lipinski definition) is 4. The molecule has 2 N–H and O–H groups in total. The number of anilines is 2. The number of hydrogen-bond donors (Lipinski definition) is 2. The van der Waals surface area contributed by atoms with Gasteiger partial charge in [0, 0.05) is 0 Å². The summed E-state index contributed by atoms with van der Waals surface area (Å²) in [5.41, 5.74) is 0.997. The highest BCUT2D eigenvalue weighted by molar-refractivity contribution is 6.08. The van der Waals surface area contributed by atoms with Gasteiger partial charge in [-0.05, 0) is 36.4 Å². The first-order valence-electron chi connectivity index (χ1n) is 8.70. The fourth-order valence-electron chi connectivity index (χ4n) is 2.56. The highest BCUT2D eigenvalue weighted by Crippen LogP contribution is 2.29. The number of methoxy groups -OCH3 is 1. The maximum Gasteiger partial charge on any atom is 0.233 e. The highest BCUT2D eigenvalue weighted by Gasteiger charge is 2.14. The predicted molar refractivity (Wildman–Crippen MR) is 108 cm³/mol. The molecule has 6 heteroatoms. The number of rotatable bonds is 7. The van der Waals surface area contributed by atoms with Crippen LogP contribution in [0.1, 0.15) is 6.42 Å². The monoisotopic (exact) mass is 376 g/mol. The number of benzene rings is 3. The van der Waals surface area contributed by atoms with Crippen LogP contribution in [0.3, 0.4) is 0 Å². The first kappa shape index (κ1) is 19.0. The minimum absolute atomic E-state index is 0.336. The van der Waals surface area contributed by atoms with Crippen molar-refractivity contribution in [1.82, 2.24) is 0 Å². The van der Waals surface area contributed by atoms with Crippen molar-refractivity contribution in [3.05, 3.63) is 78.9 Å². The van der Waals surface area contributed by atoms with E-state index in [0.717, 1.165) is 0 Å². The molecule has 6 nitrogen and oxygen atoms in total. The summed E-state index contributed by atoms with van der Waals surface area (Å²) in [6, 6.07) is 23.3.